The quantitative estimate of drug-likeness (QED) is 0.355. The van der Waals surface area contributed by atoms with Gasteiger partial charge >= 0.3 is 11.9 Å². The number of esters is 2. The maximum Gasteiger partial charge on any atom is 0.338 e. The smallest absolute Gasteiger partial charge is 0.338 e. The van der Waals surface area contributed by atoms with Gasteiger partial charge in [0.2, 0.25) is 0 Å². The minimum absolute atomic E-state index is 0.244. The molecule has 0 aliphatic carbocycles. The van der Waals surface area contributed by atoms with Crippen LogP contribution >= 0.6 is 0 Å². The van der Waals surface area contributed by atoms with Gasteiger partial charge in [-0.15, -0.1) is 0 Å². The van der Waals surface area contributed by atoms with Crippen molar-refractivity contribution in [3.8, 4) is 11.5 Å². The van der Waals surface area contributed by atoms with Gasteiger partial charge in [-0.25, -0.2) is 9.78 Å². The van der Waals surface area contributed by atoms with Crippen LogP contribution < -0.4 is 9.47 Å². The van der Waals surface area contributed by atoms with Gasteiger partial charge in [0.15, 0.2) is 0 Å². The van der Waals surface area contributed by atoms with Crippen LogP contribution in [-0.4, -0.2) is 37.7 Å². The third-order valence-electron chi connectivity index (χ3n) is 4.62. The van der Waals surface area contributed by atoms with Gasteiger partial charge in [0.1, 0.15) is 18.1 Å². The van der Waals surface area contributed by atoms with Crippen molar-refractivity contribution < 1.29 is 28.5 Å². The molecular formula is C24H25NO6. The molecule has 0 saturated heterocycles. The Morgan fingerprint density at radius 2 is 1.65 bits per heavy atom. The van der Waals surface area contributed by atoms with Gasteiger partial charge in [0.05, 0.1) is 37.6 Å². The lowest BCUT2D eigenvalue weighted by Crippen LogP contribution is -2.06. The molecule has 162 valence electrons. The third-order valence-corrected chi connectivity index (χ3v) is 4.62. The third kappa shape index (κ3) is 6.44. The number of hydrogen-bond acceptors (Lipinski definition) is 7. The maximum atomic E-state index is 12.0. The fraction of sp³-hybridized carbons (Fsp3) is 0.292. The number of ether oxygens (including phenoxy) is 4. The fourth-order valence-corrected chi connectivity index (χ4v) is 2.98. The summed E-state index contributed by atoms with van der Waals surface area (Å²) in [5, 5.41) is 1.06. The Hall–Kier alpha value is -3.61. The van der Waals surface area contributed by atoms with Gasteiger partial charge in [-0.2, -0.15) is 0 Å². The summed E-state index contributed by atoms with van der Waals surface area (Å²) in [4.78, 5) is 27.8. The van der Waals surface area contributed by atoms with Gasteiger partial charge in [-0.1, -0.05) is 24.3 Å². The number of carbonyl (C=O) groups excluding carboxylic acids is 2. The Morgan fingerprint density at radius 3 is 2.42 bits per heavy atom. The topological polar surface area (TPSA) is 84.0 Å². The van der Waals surface area contributed by atoms with Crippen LogP contribution in [0.3, 0.4) is 0 Å². The van der Waals surface area contributed by atoms with E-state index >= 15 is 0 Å². The standard InChI is InChI=1S/C24H25NO6/c1-28-23(26)9-5-6-12-30-20-13-18(24(27)29-2)14-21(15-20)31-16-19-11-10-17-7-3-4-8-22(17)25-19/h3-4,7-8,10-11,13-15H,5-6,9,12,16H2,1-2H3. The van der Waals surface area contributed by atoms with E-state index < -0.39 is 5.97 Å². The molecular weight excluding hydrogens is 398 g/mol. The van der Waals surface area contributed by atoms with Crippen molar-refractivity contribution in [2.24, 2.45) is 0 Å². The molecule has 3 aromatic rings. The molecule has 0 saturated carbocycles. The van der Waals surface area contributed by atoms with E-state index in [0.717, 1.165) is 16.6 Å². The van der Waals surface area contributed by atoms with E-state index in [0.29, 0.717) is 42.9 Å². The number of fused-ring (bicyclic) bond motifs is 1. The summed E-state index contributed by atoms with van der Waals surface area (Å²) in [7, 11) is 2.69. The SMILES string of the molecule is COC(=O)CCCCOc1cc(OCc2ccc3ccccc3n2)cc(C(=O)OC)c1. The minimum atomic E-state index is -0.482. The van der Waals surface area contributed by atoms with Crippen LogP contribution in [0.25, 0.3) is 10.9 Å². The van der Waals surface area contributed by atoms with Crippen molar-refractivity contribution >= 4 is 22.8 Å². The number of aromatic nitrogens is 1. The van der Waals surface area contributed by atoms with Crippen molar-refractivity contribution in [3.05, 3.63) is 65.9 Å². The highest BCUT2D eigenvalue weighted by atomic mass is 16.5. The van der Waals surface area contributed by atoms with Crippen molar-refractivity contribution in [1.82, 2.24) is 4.98 Å². The molecule has 0 radical (unpaired) electrons. The first kappa shape index (κ1) is 22.1. The molecule has 0 spiro atoms. The first-order chi connectivity index (χ1) is 15.1. The molecule has 1 heterocycles. The van der Waals surface area contributed by atoms with E-state index in [1.807, 2.05) is 36.4 Å². The summed E-state index contributed by atoms with van der Waals surface area (Å²) < 4.78 is 21.1. The second-order valence-electron chi connectivity index (χ2n) is 6.85. The number of carbonyl (C=O) groups is 2. The summed E-state index contributed by atoms with van der Waals surface area (Å²) in [6.07, 6.45) is 1.67. The Balaban J connectivity index is 1.65. The number of benzene rings is 2. The molecule has 0 aliphatic rings. The number of hydrogen-bond donors (Lipinski definition) is 0. The predicted molar refractivity (Wildman–Crippen MR) is 115 cm³/mol. The zero-order valence-electron chi connectivity index (χ0n) is 17.6. The predicted octanol–water partition coefficient (Wildman–Crippen LogP) is 4.32. The number of para-hydroxylation sites is 1. The average Bonchev–Trinajstić information content (AvgIpc) is 2.81. The molecule has 0 unspecified atom stereocenters. The summed E-state index contributed by atoms with van der Waals surface area (Å²) in [6, 6.07) is 16.7. The lowest BCUT2D eigenvalue weighted by molar-refractivity contribution is -0.140. The highest BCUT2D eigenvalue weighted by Crippen LogP contribution is 2.25. The van der Waals surface area contributed by atoms with Crippen LogP contribution in [-0.2, 0) is 20.9 Å². The van der Waals surface area contributed by atoms with E-state index in [1.165, 1.54) is 14.2 Å². The molecule has 0 fully saturated rings. The van der Waals surface area contributed by atoms with Gasteiger partial charge in [-0.05, 0) is 37.1 Å². The summed E-state index contributed by atoms with van der Waals surface area (Å²) in [6.45, 7) is 0.640. The van der Waals surface area contributed by atoms with Gasteiger partial charge < -0.3 is 18.9 Å². The van der Waals surface area contributed by atoms with E-state index in [4.69, 9.17) is 14.2 Å². The minimum Gasteiger partial charge on any atom is -0.493 e. The van der Waals surface area contributed by atoms with Crippen molar-refractivity contribution in [2.75, 3.05) is 20.8 Å². The Labute approximate surface area is 180 Å². The normalized spacial score (nSPS) is 10.5. The molecule has 31 heavy (non-hydrogen) atoms. The largest absolute Gasteiger partial charge is 0.493 e. The first-order valence-corrected chi connectivity index (χ1v) is 9.99. The van der Waals surface area contributed by atoms with Gasteiger partial charge in [-0.3, -0.25) is 4.79 Å². The monoisotopic (exact) mass is 423 g/mol. The molecule has 7 heteroatoms. The van der Waals surface area contributed by atoms with Crippen LogP contribution in [0.4, 0.5) is 0 Å². The van der Waals surface area contributed by atoms with Gasteiger partial charge in [0.25, 0.3) is 0 Å². The zero-order valence-corrected chi connectivity index (χ0v) is 17.6. The molecule has 0 atom stereocenters. The molecule has 0 bridgehead atoms. The first-order valence-electron chi connectivity index (χ1n) is 9.99. The van der Waals surface area contributed by atoms with Crippen molar-refractivity contribution in [2.45, 2.75) is 25.9 Å². The van der Waals surface area contributed by atoms with E-state index in [2.05, 4.69) is 9.72 Å². The van der Waals surface area contributed by atoms with Crippen molar-refractivity contribution in [3.63, 3.8) is 0 Å². The molecule has 7 nitrogen and oxygen atoms in total. The number of pyridine rings is 1. The average molecular weight is 423 g/mol. The summed E-state index contributed by atoms with van der Waals surface area (Å²) in [5.41, 5.74) is 1.99. The fourth-order valence-electron chi connectivity index (χ4n) is 2.98. The molecule has 1 aromatic heterocycles. The highest BCUT2D eigenvalue weighted by molar-refractivity contribution is 5.90. The van der Waals surface area contributed by atoms with Crippen molar-refractivity contribution in [1.29, 1.82) is 0 Å². The zero-order chi connectivity index (χ0) is 22.1. The molecule has 0 N–H and O–H groups in total. The van der Waals surface area contributed by atoms with E-state index in [9.17, 15) is 9.59 Å². The number of unbranched alkanes of at least 4 members (excludes halogenated alkanes) is 1. The van der Waals surface area contributed by atoms with Crippen LogP contribution in [0, 0.1) is 0 Å². The maximum absolute atomic E-state index is 12.0. The molecule has 3 rings (SSSR count). The van der Waals surface area contributed by atoms with Crippen LogP contribution in [0.5, 0.6) is 11.5 Å². The second-order valence-corrected chi connectivity index (χ2v) is 6.85. The molecule has 2 aromatic carbocycles. The molecule has 0 amide bonds. The molecule has 0 aliphatic heterocycles. The Kier molecular flexibility index (Phi) is 7.81. The van der Waals surface area contributed by atoms with Crippen LogP contribution in [0.2, 0.25) is 0 Å². The lowest BCUT2D eigenvalue weighted by Gasteiger charge is -2.12. The Morgan fingerprint density at radius 1 is 0.871 bits per heavy atom. The summed E-state index contributed by atoms with van der Waals surface area (Å²) in [5.74, 6) is 0.236. The number of rotatable bonds is 10. The van der Waals surface area contributed by atoms with Crippen LogP contribution in [0.15, 0.2) is 54.6 Å². The van der Waals surface area contributed by atoms with Crippen LogP contribution in [0.1, 0.15) is 35.3 Å². The summed E-state index contributed by atoms with van der Waals surface area (Å²) >= 11 is 0. The highest BCUT2D eigenvalue weighted by Gasteiger charge is 2.11. The van der Waals surface area contributed by atoms with E-state index in [1.54, 1.807) is 18.2 Å². The second kappa shape index (κ2) is 11.0. The van der Waals surface area contributed by atoms with Gasteiger partial charge in [0, 0.05) is 17.9 Å². The Bertz CT molecular complexity index is 1050. The van der Waals surface area contributed by atoms with E-state index in [-0.39, 0.29) is 12.6 Å². The lowest BCUT2D eigenvalue weighted by atomic mass is 10.2. The number of methoxy groups -OCH3 is 2. The number of nitrogens with zero attached hydrogens (tertiary/aromatic N) is 1.